The zero-order valence-corrected chi connectivity index (χ0v) is 21.1. The summed E-state index contributed by atoms with van der Waals surface area (Å²) in [5.74, 6) is -0.825. The predicted octanol–water partition coefficient (Wildman–Crippen LogP) is 3.59. The third-order valence-corrected chi connectivity index (χ3v) is 7.54. The Morgan fingerprint density at radius 2 is 1.71 bits per heavy atom. The van der Waals surface area contributed by atoms with Crippen LogP contribution in [0.15, 0.2) is 54.6 Å². The number of ether oxygens (including phenoxy) is 1. The number of aryl methyl sites for hydroxylation is 1. The van der Waals surface area contributed by atoms with E-state index in [2.05, 4.69) is 17.4 Å². The van der Waals surface area contributed by atoms with E-state index in [0.717, 1.165) is 37.7 Å². The molecule has 0 bridgehead atoms. The lowest BCUT2D eigenvalue weighted by atomic mass is 10.1. The highest BCUT2D eigenvalue weighted by Gasteiger charge is 2.39. The Morgan fingerprint density at radius 3 is 2.34 bits per heavy atom. The second-order valence-electron chi connectivity index (χ2n) is 8.57. The molecule has 2 unspecified atom stereocenters. The molecule has 2 aromatic carbocycles. The Morgan fingerprint density at radius 1 is 1.00 bits per heavy atom. The molecule has 1 aliphatic heterocycles. The number of hydrogen-bond acceptors (Lipinski definition) is 5. The molecule has 1 heterocycles. The topological polar surface area (TPSA) is 92.8 Å². The Hall–Kier alpha value is -3.00. The van der Waals surface area contributed by atoms with Crippen LogP contribution in [-0.4, -0.2) is 52.0 Å². The van der Waals surface area contributed by atoms with Crippen LogP contribution in [0.4, 0.5) is 0 Å². The summed E-state index contributed by atoms with van der Waals surface area (Å²) in [6, 6.07) is 17.0. The van der Waals surface area contributed by atoms with E-state index in [1.54, 1.807) is 31.2 Å². The number of nitrogens with zero attached hydrogens (tertiary/aromatic N) is 1. The largest absolute Gasteiger partial charge is 0.462 e. The Balaban J connectivity index is 1.46. The molecule has 1 saturated heterocycles. The predicted molar refractivity (Wildman–Crippen MR) is 136 cm³/mol. The molecule has 188 valence electrons. The molecule has 0 aliphatic carbocycles. The van der Waals surface area contributed by atoms with Gasteiger partial charge in [0.15, 0.2) is 5.37 Å². The van der Waals surface area contributed by atoms with E-state index in [1.807, 2.05) is 18.2 Å². The summed E-state index contributed by atoms with van der Waals surface area (Å²) >= 11 is 0. The molecule has 8 heteroatoms. The molecule has 2 aromatic rings. The number of unbranched alkanes of at least 4 members (excludes halogenated alkanes) is 3. The van der Waals surface area contributed by atoms with Gasteiger partial charge in [-0.05, 0) is 49.4 Å². The standard InChI is InChI=1S/C27H34N2O5S/c1-2-34-27(32)23-15-13-22(14-16-23)20-35(33)26(29-19-17-24(29)30)25(31)28-18-9-4-3-6-10-21-11-7-5-8-12-21/h5,7-8,11-16,26H,2-4,6,9-10,17-20H2,1H3,(H,28,31). The van der Waals surface area contributed by atoms with Crippen LogP contribution >= 0.6 is 0 Å². The number of likely N-dealkylation sites (tertiary alicyclic amines) is 1. The lowest BCUT2D eigenvalue weighted by Gasteiger charge is -2.36. The SMILES string of the molecule is CCOC(=O)c1ccc(CS(=O)C(C(=O)NCCCCCCc2ccccc2)N2CCC2=O)cc1. The lowest BCUT2D eigenvalue weighted by Crippen LogP contribution is -2.57. The van der Waals surface area contributed by atoms with E-state index >= 15 is 0 Å². The molecule has 1 aliphatic rings. The van der Waals surface area contributed by atoms with Crippen LogP contribution in [0.25, 0.3) is 0 Å². The summed E-state index contributed by atoms with van der Waals surface area (Å²) in [7, 11) is -1.61. The first-order valence-corrected chi connectivity index (χ1v) is 13.6. The second kappa shape index (κ2) is 13.8. The van der Waals surface area contributed by atoms with E-state index in [-0.39, 0.29) is 17.6 Å². The van der Waals surface area contributed by atoms with E-state index in [9.17, 15) is 18.6 Å². The first-order valence-electron chi connectivity index (χ1n) is 12.2. The van der Waals surface area contributed by atoms with E-state index in [1.165, 1.54) is 10.5 Å². The minimum absolute atomic E-state index is 0.116. The molecule has 2 atom stereocenters. The summed E-state index contributed by atoms with van der Waals surface area (Å²) in [6.07, 6.45) is 5.43. The van der Waals surface area contributed by atoms with Crippen molar-refractivity contribution in [3.8, 4) is 0 Å². The number of benzene rings is 2. The maximum atomic E-state index is 13.1. The number of carbonyl (C=O) groups is 3. The van der Waals surface area contributed by atoms with Crippen LogP contribution in [0, 0.1) is 0 Å². The fourth-order valence-corrected chi connectivity index (χ4v) is 5.44. The van der Waals surface area contributed by atoms with Crippen molar-refractivity contribution in [3.63, 3.8) is 0 Å². The van der Waals surface area contributed by atoms with Gasteiger partial charge in [-0.1, -0.05) is 55.3 Å². The molecule has 1 fully saturated rings. The summed E-state index contributed by atoms with van der Waals surface area (Å²) < 4.78 is 18.1. The van der Waals surface area contributed by atoms with Gasteiger partial charge in [-0.25, -0.2) is 4.79 Å². The molecule has 0 radical (unpaired) electrons. The Kier molecular flexibility index (Phi) is 10.5. The van der Waals surface area contributed by atoms with Crippen LogP contribution in [-0.2, 0) is 37.3 Å². The van der Waals surface area contributed by atoms with Gasteiger partial charge in [-0.15, -0.1) is 0 Å². The summed E-state index contributed by atoms with van der Waals surface area (Å²) in [5.41, 5.74) is 2.47. The molecular weight excluding hydrogens is 464 g/mol. The van der Waals surface area contributed by atoms with Crippen LogP contribution in [0.3, 0.4) is 0 Å². The highest BCUT2D eigenvalue weighted by Crippen LogP contribution is 2.19. The highest BCUT2D eigenvalue weighted by atomic mass is 32.2. The van der Waals surface area contributed by atoms with Gasteiger partial charge in [0.1, 0.15) is 0 Å². The summed E-state index contributed by atoms with van der Waals surface area (Å²) in [6.45, 7) is 2.96. The second-order valence-corrected chi connectivity index (χ2v) is 10.1. The zero-order valence-electron chi connectivity index (χ0n) is 20.2. The van der Waals surface area contributed by atoms with Gasteiger partial charge in [0.05, 0.1) is 28.7 Å². The van der Waals surface area contributed by atoms with Crippen LogP contribution in [0.5, 0.6) is 0 Å². The first kappa shape index (κ1) is 26.6. The van der Waals surface area contributed by atoms with Gasteiger partial charge in [0.25, 0.3) is 5.91 Å². The van der Waals surface area contributed by atoms with Crippen molar-refractivity contribution in [2.45, 2.75) is 56.6 Å². The van der Waals surface area contributed by atoms with E-state index in [4.69, 9.17) is 4.74 Å². The molecule has 0 aromatic heterocycles. The van der Waals surface area contributed by atoms with Crippen LogP contribution < -0.4 is 5.32 Å². The minimum Gasteiger partial charge on any atom is -0.462 e. The minimum atomic E-state index is -1.61. The monoisotopic (exact) mass is 498 g/mol. The van der Waals surface area contributed by atoms with E-state index < -0.39 is 22.1 Å². The fraction of sp³-hybridized carbons (Fsp3) is 0.444. The molecule has 35 heavy (non-hydrogen) atoms. The fourth-order valence-electron chi connectivity index (χ4n) is 3.93. The van der Waals surface area contributed by atoms with Gasteiger partial charge in [0, 0.05) is 19.5 Å². The normalized spacial score (nSPS) is 14.7. The Bertz CT molecular complexity index is 1010. The number of hydrogen-bond donors (Lipinski definition) is 1. The van der Waals surface area contributed by atoms with Crippen molar-refractivity contribution in [2.75, 3.05) is 19.7 Å². The highest BCUT2D eigenvalue weighted by molar-refractivity contribution is 7.85. The number of amides is 2. The summed E-state index contributed by atoms with van der Waals surface area (Å²) in [5, 5.41) is 1.88. The van der Waals surface area contributed by atoms with Gasteiger partial charge >= 0.3 is 5.97 Å². The van der Waals surface area contributed by atoms with Crippen LogP contribution in [0.1, 0.15) is 60.5 Å². The van der Waals surface area contributed by atoms with Crippen molar-refractivity contribution >= 4 is 28.6 Å². The average molecular weight is 499 g/mol. The third kappa shape index (κ3) is 8.02. The number of esters is 1. The molecule has 1 N–H and O–H groups in total. The summed E-state index contributed by atoms with van der Waals surface area (Å²) in [4.78, 5) is 38.1. The molecular formula is C27H34N2O5S. The van der Waals surface area contributed by atoms with Gasteiger partial charge in [-0.2, -0.15) is 0 Å². The van der Waals surface area contributed by atoms with Gasteiger partial charge in [-0.3, -0.25) is 13.8 Å². The van der Waals surface area contributed by atoms with Crippen molar-refractivity contribution in [2.24, 2.45) is 0 Å². The molecule has 7 nitrogen and oxygen atoms in total. The molecule has 3 rings (SSSR count). The van der Waals surface area contributed by atoms with Gasteiger partial charge < -0.3 is 15.0 Å². The van der Waals surface area contributed by atoms with E-state index in [0.29, 0.717) is 31.7 Å². The first-order chi connectivity index (χ1) is 17.0. The average Bonchev–Trinajstić information content (AvgIpc) is 2.86. The smallest absolute Gasteiger partial charge is 0.338 e. The lowest BCUT2D eigenvalue weighted by molar-refractivity contribution is -0.145. The number of carbonyl (C=O) groups excluding carboxylic acids is 3. The van der Waals surface area contributed by atoms with Crippen molar-refractivity contribution in [1.29, 1.82) is 0 Å². The number of nitrogens with one attached hydrogen (secondary N) is 1. The maximum absolute atomic E-state index is 13.1. The van der Waals surface area contributed by atoms with Crippen molar-refractivity contribution in [1.82, 2.24) is 10.2 Å². The van der Waals surface area contributed by atoms with Crippen LogP contribution in [0.2, 0.25) is 0 Å². The quantitative estimate of drug-likeness (QED) is 0.244. The number of rotatable bonds is 14. The molecule has 0 spiro atoms. The zero-order chi connectivity index (χ0) is 25.0. The molecule has 2 amide bonds. The van der Waals surface area contributed by atoms with Crippen molar-refractivity contribution in [3.05, 3.63) is 71.3 Å². The van der Waals surface area contributed by atoms with Gasteiger partial charge in [0.2, 0.25) is 5.91 Å². The number of β-lactam (4-membered cyclic amide) rings is 1. The third-order valence-electron chi connectivity index (χ3n) is 5.95. The molecule has 0 saturated carbocycles. The maximum Gasteiger partial charge on any atom is 0.338 e. The Labute approximate surface area is 209 Å². The van der Waals surface area contributed by atoms with Crippen molar-refractivity contribution < 1.29 is 23.3 Å².